The summed E-state index contributed by atoms with van der Waals surface area (Å²) in [4.78, 5) is 14.1. The fourth-order valence-corrected chi connectivity index (χ4v) is 4.03. The normalized spacial score (nSPS) is 29.4. The third-order valence-electron chi connectivity index (χ3n) is 5.40. The number of alkyl carbamates (subject to hydrolysis) is 1. The van der Waals surface area contributed by atoms with Crippen LogP contribution in [0.1, 0.15) is 40.0 Å². The Bertz CT molecular complexity index is 746. The molecule has 0 aromatic heterocycles. The molecule has 1 aliphatic heterocycles. The SMILES string of the molecule is CC(C)(C)OC(=O)N[C@@H]1C[C@@H](Oc2ccccc2F)[C@H](O)[C@H]1N1CCC(F)(F)CC1. The zero-order chi connectivity index (χ0) is 22.1. The lowest BCUT2D eigenvalue weighted by atomic mass is 10.0. The minimum Gasteiger partial charge on any atom is -0.485 e. The van der Waals surface area contributed by atoms with Crippen LogP contribution in [0.25, 0.3) is 0 Å². The Morgan fingerprint density at radius 2 is 1.87 bits per heavy atom. The van der Waals surface area contributed by atoms with Crippen molar-refractivity contribution in [3.05, 3.63) is 30.1 Å². The molecule has 3 rings (SSSR count). The van der Waals surface area contributed by atoms with Crippen LogP contribution in [0, 0.1) is 5.82 Å². The molecule has 1 aliphatic carbocycles. The molecule has 168 valence electrons. The number of nitrogens with one attached hydrogen (secondary N) is 1. The Morgan fingerprint density at radius 3 is 2.47 bits per heavy atom. The predicted octanol–water partition coefficient (Wildman–Crippen LogP) is 3.33. The molecular formula is C21H29F3N2O4. The monoisotopic (exact) mass is 430 g/mol. The number of aliphatic hydroxyl groups is 1. The first-order chi connectivity index (χ1) is 14.0. The first kappa shape index (κ1) is 22.7. The summed E-state index contributed by atoms with van der Waals surface area (Å²) in [6.07, 6.45) is -3.04. The summed E-state index contributed by atoms with van der Waals surface area (Å²) < 4.78 is 52.3. The van der Waals surface area contributed by atoms with Gasteiger partial charge in [0.25, 0.3) is 5.92 Å². The maximum absolute atomic E-state index is 14.0. The molecule has 2 N–H and O–H groups in total. The number of halogens is 3. The lowest BCUT2D eigenvalue weighted by Crippen LogP contribution is -2.57. The first-order valence-corrected chi connectivity index (χ1v) is 10.2. The van der Waals surface area contributed by atoms with Crippen LogP contribution in [0.2, 0.25) is 0 Å². The van der Waals surface area contributed by atoms with E-state index in [0.717, 1.165) is 0 Å². The van der Waals surface area contributed by atoms with Gasteiger partial charge in [0.1, 0.15) is 17.8 Å². The molecule has 1 amide bonds. The van der Waals surface area contributed by atoms with Gasteiger partial charge in [-0.15, -0.1) is 0 Å². The summed E-state index contributed by atoms with van der Waals surface area (Å²) in [5, 5.41) is 13.7. The van der Waals surface area contributed by atoms with Gasteiger partial charge in [-0.1, -0.05) is 12.1 Å². The van der Waals surface area contributed by atoms with Crippen molar-refractivity contribution in [1.82, 2.24) is 10.2 Å². The van der Waals surface area contributed by atoms with Gasteiger partial charge in [-0.2, -0.15) is 0 Å². The van der Waals surface area contributed by atoms with Crippen LogP contribution in [0.15, 0.2) is 24.3 Å². The number of hydrogen-bond acceptors (Lipinski definition) is 5. The summed E-state index contributed by atoms with van der Waals surface area (Å²) in [5.41, 5.74) is -0.715. The number of ether oxygens (including phenoxy) is 2. The fourth-order valence-electron chi connectivity index (χ4n) is 4.03. The number of benzene rings is 1. The maximum atomic E-state index is 14.0. The van der Waals surface area contributed by atoms with Gasteiger partial charge >= 0.3 is 6.09 Å². The number of rotatable bonds is 4. The Labute approximate surface area is 174 Å². The first-order valence-electron chi connectivity index (χ1n) is 10.2. The Balaban J connectivity index is 1.76. The summed E-state index contributed by atoms with van der Waals surface area (Å²) in [5.74, 6) is -3.32. The number of carbonyl (C=O) groups excluding carboxylic acids is 1. The maximum Gasteiger partial charge on any atom is 0.407 e. The van der Waals surface area contributed by atoms with Crippen LogP contribution in [0.4, 0.5) is 18.0 Å². The van der Waals surface area contributed by atoms with Gasteiger partial charge in [0.2, 0.25) is 0 Å². The van der Waals surface area contributed by atoms with Crippen molar-refractivity contribution in [1.29, 1.82) is 0 Å². The summed E-state index contributed by atoms with van der Waals surface area (Å²) in [6, 6.07) is 4.59. The Hall–Kier alpha value is -2.00. The molecule has 1 aromatic carbocycles. The molecule has 9 heteroatoms. The second-order valence-electron chi connectivity index (χ2n) is 8.95. The van der Waals surface area contributed by atoms with Crippen molar-refractivity contribution in [3.63, 3.8) is 0 Å². The highest BCUT2D eigenvalue weighted by atomic mass is 19.3. The Kier molecular flexibility index (Phi) is 6.52. The van der Waals surface area contributed by atoms with E-state index in [4.69, 9.17) is 9.47 Å². The van der Waals surface area contributed by atoms with Gasteiger partial charge in [0.05, 0.1) is 12.1 Å². The van der Waals surface area contributed by atoms with Crippen LogP contribution in [-0.2, 0) is 4.74 Å². The number of likely N-dealkylation sites (tertiary alicyclic amines) is 1. The lowest BCUT2D eigenvalue weighted by Gasteiger charge is -2.39. The molecule has 0 bridgehead atoms. The summed E-state index contributed by atoms with van der Waals surface area (Å²) >= 11 is 0. The van der Waals surface area contributed by atoms with Crippen LogP contribution in [0.3, 0.4) is 0 Å². The number of aliphatic hydroxyl groups excluding tert-OH is 1. The van der Waals surface area contributed by atoms with E-state index in [-0.39, 0.29) is 38.1 Å². The van der Waals surface area contributed by atoms with Gasteiger partial charge in [-0.05, 0) is 32.9 Å². The van der Waals surface area contributed by atoms with E-state index in [1.807, 2.05) is 0 Å². The highest BCUT2D eigenvalue weighted by Crippen LogP contribution is 2.35. The van der Waals surface area contributed by atoms with Crippen LogP contribution < -0.4 is 10.1 Å². The molecule has 2 fully saturated rings. The topological polar surface area (TPSA) is 71.0 Å². The fraction of sp³-hybridized carbons (Fsp3) is 0.667. The predicted molar refractivity (Wildman–Crippen MR) is 104 cm³/mol. The van der Waals surface area contributed by atoms with Gasteiger partial charge < -0.3 is 19.9 Å². The number of piperidine rings is 1. The molecule has 30 heavy (non-hydrogen) atoms. The van der Waals surface area contributed by atoms with Crippen molar-refractivity contribution in [2.45, 2.75) is 75.8 Å². The van der Waals surface area contributed by atoms with E-state index in [1.165, 1.54) is 18.2 Å². The molecule has 1 aromatic rings. The van der Waals surface area contributed by atoms with Gasteiger partial charge in [0, 0.05) is 32.4 Å². The van der Waals surface area contributed by atoms with Gasteiger partial charge in [0.15, 0.2) is 11.6 Å². The van der Waals surface area contributed by atoms with E-state index in [0.29, 0.717) is 0 Å². The van der Waals surface area contributed by atoms with Crippen LogP contribution in [-0.4, -0.2) is 65.0 Å². The highest BCUT2D eigenvalue weighted by Gasteiger charge is 2.50. The minimum atomic E-state index is -2.74. The van der Waals surface area contributed by atoms with Gasteiger partial charge in [-0.3, -0.25) is 4.90 Å². The van der Waals surface area contributed by atoms with Crippen LogP contribution in [0.5, 0.6) is 5.75 Å². The Morgan fingerprint density at radius 1 is 1.23 bits per heavy atom. The molecule has 0 spiro atoms. The molecule has 1 saturated carbocycles. The zero-order valence-corrected chi connectivity index (χ0v) is 17.4. The van der Waals surface area contributed by atoms with E-state index < -0.39 is 47.7 Å². The minimum absolute atomic E-state index is 0.0107. The summed E-state index contributed by atoms with van der Waals surface area (Å²) in [7, 11) is 0. The largest absolute Gasteiger partial charge is 0.485 e. The molecule has 1 saturated heterocycles. The van der Waals surface area contributed by atoms with Crippen molar-refractivity contribution in [3.8, 4) is 5.75 Å². The van der Waals surface area contributed by atoms with Crippen molar-refractivity contribution in [2.75, 3.05) is 13.1 Å². The second-order valence-corrected chi connectivity index (χ2v) is 8.95. The van der Waals surface area contributed by atoms with Crippen molar-refractivity contribution >= 4 is 6.09 Å². The number of nitrogens with zero attached hydrogens (tertiary/aromatic N) is 1. The molecule has 6 nitrogen and oxygen atoms in total. The standard InChI is InChI=1S/C21H29F3N2O4/c1-20(2,3)30-19(28)25-14-12-16(29-15-7-5-4-6-13(15)22)18(27)17(14)26-10-8-21(23,24)9-11-26/h4-7,14,16-18,27H,8-12H2,1-3H3,(H,25,28)/t14-,16-,17+,18+/m1/s1. The van der Waals surface area contributed by atoms with E-state index in [2.05, 4.69) is 5.32 Å². The van der Waals surface area contributed by atoms with E-state index >= 15 is 0 Å². The molecule has 2 aliphatic rings. The lowest BCUT2D eigenvalue weighted by molar-refractivity contribution is -0.0791. The molecular weight excluding hydrogens is 401 g/mol. The molecule has 4 atom stereocenters. The number of para-hydroxylation sites is 1. The summed E-state index contributed by atoms with van der Waals surface area (Å²) in [6.45, 7) is 5.33. The average Bonchev–Trinajstić information content (AvgIpc) is 2.91. The van der Waals surface area contributed by atoms with Crippen molar-refractivity contribution < 1.29 is 32.5 Å². The molecule has 1 heterocycles. The third-order valence-corrected chi connectivity index (χ3v) is 5.40. The third kappa shape index (κ3) is 5.57. The quantitative estimate of drug-likeness (QED) is 0.767. The number of amides is 1. The second kappa shape index (κ2) is 8.63. The van der Waals surface area contributed by atoms with E-state index in [9.17, 15) is 23.1 Å². The molecule has 0 unspecified atom stereocenters. The number of carbonyl (C=O) groups is 1. The van der Waals surface area contributed by atoms with Crippen LogP contribution >= 0.6 is 0 Å². The number of alkyl halides is 2. The van der Waals surface area contributed by atoms with E-state index in [1.54, 1.807) is 31.7 Å². The van der Waals surface area contributed by atoms with Crippen molar-refractivity contribution in [2.24, 2.45) is 0 Å². The molecule has 0 radical (unpaired) electrons. The highest BCUT2D eigenvalue weighted by molar-refractivity contribution is 5.68. The number of hydrogen-bond donors (Lipinski definition) is 2. The van der Waals surface area contributed by atoms with Gasteiger partial charge in [-0.25, -0.2) is 18.0 Å². The average molecular weight is 430 g/mol. The zero-order valence-electron chi connectivity index (χ0n) is 17.4. The smallest absolute Gasteiger partial charge is 0.407 e.